The van der Waals surface area contributed by atoms with Gasteiger partial charge in [-0.1, -0.05) is 63.4 Å². The molecular weight excluding hydrogens is 461 g/mol. The molecule has 0 unspecified atom stereocenters. The summed E-state index contributed by atoms with van der Waals surface area (Å²) in [5.41, 5.74) is 2.15. The molecule has 0 heterocycles. The first-order valence-electron chi connectivity index (χ1n) is 7.66. The Bertz CT molecular complexity index is 695. The highest BCUT2D eigenvalue weighted by molar-refractivity contribution is 9.10. The average molecular weight is 479 g/mol. The lowest BCUT2D eigenvalue weighted by molar-refractivity contribution is -0.118. The quantitative estimate of drug-likeness (QED) is 0.445. The normalized spacial score (nSPS) is 10.7. The van der Waals surface area contributed by atoms with Crippen LogP contribution in [-0.2, 0) is 16.3 Å². The van der Waals surface area contributed by atoms with E-state index in [1.54, 1.807) is 23.5 Å². The maximum atomic E-state index is 11.9. The number of benzene rings is 2. The third-order valence-electron chi connectivity index (χ3n) is 3.33. The topological polar surface area (TPSA) is 29.1 Å². The van der Waals surface area contributed by atoms with Gasteiger partial charge >= 0.3 is 0 Å². The minimum absolute atomic E-state index is 0.0634. The smallest absolute Gasteiger partial charge is 0.230 e. The summed E-state index contributed by atoms with van der Waals surface area (Å²) >= 11 is 19.1. The van der Waals surface area contributed by atoms with Crippen LogP contribution in [0.1, 0.15) is 11.1 Å². The highest BCUT2D eigenvalue weighted by Crippen LogP contribution is 2.28. The van der Waals surface area contributed by atoms with E-state index in [-0.39, 0.29) is 5.91 Å². The standard InChI is InChI=1S/C18H18BrCl2NOS2/c19-15-5-2-1-4-13(15)10-25-12-18(23)22-8-9-24-11-14-16(20)6-3-7-17(14)21/h1-7H,8-12H2,(H,22,23). The first-order valence-corrected chi connectivity index (χ1v) is 11.5. The molecule has 0 bridgehead atoms. The lowest BCUT2D eigenvalue weighted by Crippen LogP contribution is -2.27. The van der Waals surface area contributed by atoms with Crippen molar-refractivity contribution < 1.29 is 4.79 Å². The number of carbonyl (C=O) groups is 1. The van der Waals surface area contributed by atoms with E-state index in [0.29, 0.717) is 22.3 Å². The van der Waals surface area contributed by atoms with E-state index in [9.17, 15) is 4.79 Å². The zero-order valence-corrected chi connectivity index (χ0v) is 18.2. The minimum atomic E-state index is 0.0634. The van der Waals surface area contributed by atoms with E-state index in [4.69, 9.17) is 23.2 Å². The van der Waals surface area contributed by atoms with Gasteiger partial charge in [-0.25, -0.2) is 0 Å². The molecule has 2 aromatic rings. The number of amides is 1. The maximum Gasteiger partial charge on any atom is 0.230 e. The van der Waals surface area contributed by atoms with E-state index in [1.807, 2.05) is 36.4 Å². The second-order valence-electron chi connectivity index (χ2n) is 5.19. The van der Waals surface area contributed by atoms with Crippen LogP contribution < -0.4 is 5.32 Å². The number of hydrogen-bond acceptors (Lipinski definition) is 3. The number of nitrogens with one attached hydrogen (secondary N) is 1. The Labute approximate surface area is 175 Å². The van der Waals surface area contributed by atoms with Gasteiger partial charge in [0.2, 0.25) is 5.91 Å². The summed E-state index contributed by atoms with van der Waals surface area (Å²) < 4.78 is 1.08. The average Bonchev–Trinajstić information content (AvgIpc) is 2.58. The largest absolute Gasteiger partial charge is 0.355 e. The molecule has 0 radical (unpaired) electrons. The predicted octanol–water partition coefficient (Wildman–Crippen LogP) is 6.04. The molecule has 0 saturated carbocycles. The van der Waals surface area contributed by atoms with Crippen LogP contribution in [0.25, 0.3) is 0 Å². The molecular formula is C18H18BrCl2NOS2. The molecule has 2 nitrogen and oxygen atoms in total. The van der Waals surface area contributed by atoms with Crippen LogP contribution in [0.3, 0.4) is 0 Å². The number of thioether (sulfide) groups is 2. The molecule has 1 N–H and O–H groups in total. The molecule has 2 aromatic carbocycles. The first kappa shape index (κ1) is 21.0. The fourth-order valence-electron chi connectivity index (χ4n) is 2.03. The number of rotatable bonds is 9. The van der Waals surface area contributed by atoms with Gasteiger partial charge in [0.1, 0.15) is 0 Å². The van der Waals surface area contributed by atoms with Gasteiger partial charge in [-0.05, 0) is 29.3 Å². The molecule has 0 spiro atoms. The maximum absolute atomic E-state index is 11.9. The van der Waals surface area contributed by atoms with Crippen LogP contribution in [0.4, 0.5) is 0 Å². The molecule has 0 aromatic heterocycles. The summed E-state index contributed by atoms with van der Waals surface area (Å²) in [7, 11) is 0. The Morgan fingerprint density at radius 2 is 1.72 bits per heavy atom. The molecule has 25 heavy (non-hydrogen) atoms. The summed E-state index contributed by atoms with van der Waals surface area (Å²) in [5.74, 6) is 2.90. The minimum Gasteiger partial charge on any atom is -0.355 e. The van der Waals surface area contributed by atoms with Gasteiger partial charge in [0, 0.05) is 38.3 Å². The summed E-state index contributed by atoms with van der Waals surface area (Å²) in [5, 5.41) is 4.32. The highest BCUT2D eigenvalue weighted by Gasteiger charge is 2.06. The van der Waals surface area contributed by atoms with E-state index in [2.05, 4.69) is 27.3 Å². The zero-order valence-electron chi connectivity index (χ0n) is 13.4. The summed E-state index contributed by atoms with van der Waals surface area (Å²) in [6.07, 6.45) is 0. The number of halogens is 3. The summed E-state index contributed by atoms with van der Waals surface area (Å²) in [6, 6.07) is 13.6. The molecule has 2 rings (SSSR count). The Morgan fingerprint density at radius 1 is 1.00 bits per heavy atom. The second-order valence-corrected chi connectivity index (χ2v) is 8.95. The SMILES string of the molecule is O=C(CSCc1ccccc1Br)NCCSCc1c(Cl)cccc1Cl. The van der Waals surface area contributed by atoms with Gasteiger partial charge < -0.3 is 5.32 Å². The van der Waals surface area contributed by atoms with Crippen molar-refractivity contribution in [2.24, 2.45) is 0 Å². The molecule has 0 fully saturated rings. The monoisotopic (exact) mass is 477 g/mol. The fraction of sp³-hybridized carbons (Fsp3) is 0.278. The second kappa shape index (κ2) is 11.4. The van der Waals surface area contributed by atoms with Gasteiger partial charge in [0.25, 0.3) is 0 Å². The van der Waals surface area contributed by atoms with Gasteiger partial charge in [-0.15, -0.1) is 11.8 Å². The van der Waals surface area contributed by atoms with Crippen LogP contribution in [0.2, 0.25) is 10.0 Å². The Morgan fingerprint density at radius 3 is 2.44 bits per heavy atom. The molecule has 0 aliphatic rings. The molecule has 7 heteroatoms. The fourth-order valence-corrected chi connectivity index (χ4v) is 5.09. The lowest BCUT2D eigenvalue weighted by atomic mass is 10.2. The van der Waals surface area contributed by atoms with Crippen molar-refractivity contribution in [2.45, 2.75) is 11.5 Å². The number of hydrogen-bond donors (Lipinski definition) is 1. The van der Waals surface area contributed by atoms with Crippen LogP contribution >= 0.6 is 62.7 Å². The lowest BCUT2D eigenvalue weighted by Gasteiger charge is -2.08. The van der Waals surface area contributed by atoms with E-state index in [0.717, 1.165) is 27.3 Å². The van der Waals surface area contributed by atoms with Crippen LogP contribution in [-0.4, -0.2) is 24.0 Å². The summed E-state index contributed by atoms with van der Waals surface area (Å²) in [6.45, 7) is 0.640. The third-order valence-corrected chi connectivity index (χ3v) is 6.77. The van der Waals surface area contributed by atoms with Crippen molar-refractivity contribution in [3.63, 3.8) is 0 Å². The van der Waals surface area contributed by atoms with Crippen molar-refractivity contribution in [2.75, 3.05) is 18.1 Å². The third kappa shape index (κ3) is 7.43. The molecule has 1 amide bonds. The summed E-state index contributed by atoms with van der Waals surface area (Å²) in [4.78, 5) is 11.9. The van der Waals surface area contributed by atoms with Crippen LogP contribution in [0.5, 0.6) is 0 Å². The van der Waals surface area contributed by atoms with Crippen LogP contribution in [0, 0.1) is 0 Å². The van der Waals surface area contributed by atoms with Gasteiger partial charge in [0.05, 0.1) is 5.75 Å². The Kier molecular flexibility index (Phi) is 9.56. The van der Waals surface area contributed by atoms with Crippen molar-refractivity contribution in [1.29, 1.82) is 0 Å². The molecule has 0 atom stereocenters. The Hall–Kier alpha value is -0.330. The van der Waals surface area contributed by atoms with Crippen molar-refractivity contribution in [3.8, 4) is 0 Å². The first-order chi connectivity index (χ1) is 12.1. The van der Waals surface area contributed by atoms with Gasteiger partial charge in [-0.3, -0.25) is 4.79 Å². The van der Waals surface area contributed by atoms with Gasteiger partial charge in [-0.2, -0.15) is 11.8 Å². The highest BCUT2D eigenvalue weighted by atomic mass is 79.9. The predicted molar refractivity (Wildman–Crippen MR) is 116 cm³/mol. The van der Waals surface area contributed by atoms with E-state index >= 15 is 0 Å². The van der Waals surface area contributed by atoms with Crippen molar-refractivity contribution in [1.82, 2.24) is 5.32 Å². The Balaban J connectivity index is 1.59. The molecule has 134 valence electrons. The molecule has 0 aliphatic heterocycles. The van der Waals surface area contributed by atoms with E-state index in [1.165, 1.54) is 5.56 Å². The molecule has 0 aliphatic carbocycles. The number of carbonyl (C=O) groups excluding carboxylic acids is 1. The zero-order chi connectivity index (χ0) is 18.1. The van der Waals surface area contributed by atoms with Crippen LogP contribution in [0.15, 0.2) is 46.9 Å². The van der Waals surface area contributed by atoms with Gasteiger partial charge in [0.15, 0.2) is 0 Å². The molecule has 0 saturated heterocycles. The van der Waals surface area contributed by atoms with Crippen molar-refractivity contribution in [3.05, 3.63) is 68.1 Å². The van der Waals surface area contributed by atoms with E-state index < -0.39 is 0 Å². The van der Waals surface area contributed by atoms with Crippen molar-refractivity contribution >= 4 is 68.6 Å².